The topological polar surface area (TPSA) is 91.4 Å². The third kappa shape index (κ3) is 4.52. The molecule has 178 valence electrons. The maximum Gasteiger partial charge on any atom is 0.317 e. The van der Waals surface area contributed by atoms with Gasteiger partial charge in [0.15, 0.2) is 0 Å². The van der Waals surface area contributed by atoms with E-state index in [1.54, 1.807) is 12.1 Å². The Balaban J connectivity index is 1.31. The highest BCUT2D eigenvalue weighted by molar-refractivity contribution is 7.89. The van der Waals surface area contributed by atoms with E-state index >= 15 is 0 Å². The van der Waals surface area contributed by atoms with E-state index in [1.165, 1.54) is 31.0 Å². The summed E-state index contributed by atoms with van der Waals surface area (Å²) < 4.78 is 26.3. The molecule has 0 unspecified atom stereocenters. The Labute approximate surface area is 201 Å². The second kappa shape index (κ2) is 9.35. The summed E-state index contributed by atoms with van der Waals surface area (Å²) in [6, 6.07) is 9.37. The number of hydrogen-bond donors (Lipinski definition) is 2. The molecule has 0 atom stereocenters. The van der Waals surface area contributed by atoms with Gasteiger partial charge in [-0.2, -0.15) is 0 Å². The van der Waals surface area contributed by atoms with Gasteiger partial charge in [-0.05, 0) is 61.2 Å². The molecule has 0 bridgehead atoms. The fourth-order valence-corrected chi connectivity index (χ4v) is 5.77. The van der Waals surface area contributed by atoms with E-state index in [-0.39, 0.29) is 10.9 Å². The predicted molar refractivity (Wildman–Crippen MR) is 133 cm³/mol. The Morgan fingerprint density at radius 1 is 1.09 bits per heavy atom. The van der Waals surface area contributed by atoms with Gasteiger partial charge in [0.25, 0.3) is 0 Å². The van der Waals surface area contributed by atoms with Gasteiger partial charge in [0.1, 0.15) is 0 Å². The van der Waals surface area contributed by atoms with Crippen LogP contribution in [0.25, 0.3) is 16.7 Å². The first kappa shape index (κ1) is 22.8. The Morgan fingerprint density at radius 3 is 2.53 bits per heavy atom. The van der Waals surface area contributed by atoms with Crippen molar-refractivity contribution in [1.82, 2.24) is 19.9 Å². The highest BCUT2D eigenvalue weighted by Gasteiger charge is 2.25. The van der Waals surface area contributed by atoms with Crippen LogP contribution in [-0.2, 0) is 16.4 Å². The van der Waals surface area contributed by atoms with Crippen LogP contribution in [0.15, 0.2) is 59.1 Å². The molecule has 1 fully saturated rings. The normalized spacial score (nSPS) is 18.4. The molecule has 34 heavy (non-hydrogen) atoms. The van der Waals surface area contributed by atoms with Gasteiger partial charge < -0.3 is 10.2 Å². The molecule has 2 aliphatic carbocycles. The summed E-state index contributed by atoms with van der Waals surface area (Å²) in [5.41, 5.74) is 6.51. The van der Waals surface area contributed by atoms with Crippen LogP contribution in [0.1, 0.15) is 43.4 Å². The number of sulfonamides is 1. The van der Waals surface area contributed by atoms with Gasteiger partial charge >= 0.3 is 6.03 Å². The minimum absolute atomic E-state index is 0.0516. The third-order valence-corrected chi connectivity index (χ3v) is 8.48. The number of pyridine rings is 1. The summed E-state index contributed by atoms with van der Waals surface area (Å²) in [6.45, 7) is 1.33. The number of fused-ring (bicyclic) bond motifs is 1. The highest BCUT2D eigenvalue weighted by Crippen LogP contribution is 2.36. The van der Waals surface area contributed by atoms with Gasteiger partial charge in [0.05, 0.1) is 10.6 Å². The summed E-state index contributed by atoms with van der Waals surface area (Å²) >= 11 is 0. The van der Waals surface area contributed by atoms with Crippen LogP contribution in [0, 0.1) is 0 Å². The minimum atomic E-state index is -3.46. The number of aromatic nitrogens is 1. The number of hydrogen-bond acceptors (Lipinski definition) is 4. The molecule has 3 aliphatic rings. The van der Waals surface area contributed by atoms with Gasteiger partial charge in [0, 0.05) is 42.9 Å². The summed E-state index contributed by atoms with van der Waals surface area (Å²) in [5, 5.41) is 3.18. The molecule has 7 nitrogen and oxygen atoms in total. The molecule has 2 amide bonds. The number of nitrogens with zero attached hydrogens (tertiary/aromatic N) is 2. The monoisotopic (exact) mass is 478 g/mol. The summed E-state index contributed by atoms with van der Waals surface area (Å²) in [7, 11) is -2.06. The summed E-state index contributed by atoms with van der Waals surface area (Å²) in [5.74, 6) is 0. The van der Waals surface area contributed by atoms with Crippen molar-refractivity contribution in [3.63, 3.8) is 0 Å². The summed E-state index contributed by atoms with van der Waals surface area (Å²) in [6.07, 6.45) is 12.5. The van der Waals surface area contributed by atoms with Gasteiger partial charge in [-0.25, -0.2) is 17.9 Å². The van der Waals surface area contributed by atoms with Crippen LogP contribution in [0.3, 0.4) is 0 Å². The first-order valence-corrected chi connectivity index (χ1v) is 13.4. The molecule has 2 N–H and O–H groups in total. The lowest BCUT2D eigenvalue weighted by Crippen LogP contribution is -2.45. The molecule has 1 aromatic carbocycles. The molecule has 2 heterocycles. The second-order valence-electron chi connectivity index (χ2n) is 9.13. The van der Waals surface area contributed by atoms with Crippen LogP contribution in [0.4, 0.5) is 4.79 Å². The maximum atomic E-state index is 12.6. The number of rotatable bonds is 5. The molecule has 1 saturated carbocycles. The zero-order valence-corrected chi connectivity index (χ0v) is 20.2. The molecule has 1 aliphatic heterocycles. The van der Waals surface area contributed by atoms with Crippen LogP contribution >= 0.6 is 0 Å². The molecule has 0 radical (unpaired) electrons. The van der Waals surface area contributed by atoms with Gasteiger partial charge in [-0.1, -0.05) is 37.1 Å². The van der Waals surface area contributed by atoms with Crippen LogP contribution in [0.5, 0.6) is 0 Å². The zero-order chi connectivity index (χ0) is 23.7. The summed E-state index contributed by atoms with van der Waals surface area (Å²) in [4.78, 5) is 19.4. The average Bonchev–Trinajstić information content (AvgIpc) is 3.53. The van der Waals surface area contributed by atoms with Crippen LogP contribution < -0.4 is 10.0 Å². The van der Waals surface area contributed by atoms with Crippen LogP contribution in [-0.4, -0.2) is 50.5 Å². The lowest BCUT2D eigenvalue weighted by molar-refractivity contribution is 0.198. The lowest BCUT2D eigenvalue weighted by atomic mass is 9.94. The van der Waals surface area contributed by atoms with Gasteiger partial charge in [-0.15, -0.1) is 0 Å². The van der Waals surface area contributed by atoms with Gasteiger partial charge in [-0.3, -0.25) is 4.98 Å². The van der Waals surface area contributed by atoms with Crippen molar-refractivity contribution in [2.24, 2.45) is 0 Å². The van der Waals surface area contributed by atoms with Crippen LogP contribution in [0.2, 0.25) is 0 Å². The average molecular weight is 479 g/mol. The third-order valence-electron chi connectivity index (χ3n) is 7.05. The predicted octanol–water partition coefficient (Wildman–Crippen LogP) is 3.88. The molecular weight excluding hydrogens is 448 g/mol. The highest BCUT2D eigenvalue weighted by atomic mass is 32.2. The van der Waals surface area contributed by atoms with Crippen molar-refractivity contribution in [3.8, 4) is 11.1 Å². The van der Waals surface area contributed by atoms with E-state index in [9.17, 15) is 13.2 Å². The maximum absolute atomic E-state index is 12.6. The quantitative estimate of drug-likeness (QED) is 0.682. The van der Waals surface area contributed by atoms with Crippen molar-refractivity contribution in [1.29, 1.82) is 0 Å². The molecule has 1 aromatic heterocycles. The van der Waals surface area contributed by atoms with E-state index in [2.05, 4.69) is 33.2 Å². The van der Waals surface area contributed by atoms with E-state index in [0.717, 1.165) is 48.1 Å². The number of carbonyl (C=O) groups is 1. The molecule has 0 spiro atoms. The number of amides is 2. The van der Waals surface area contributed by atoms with E-state index in [1.807, 2.05) is 23.2 Å². The molecule has 2 aromatic rings. The zero-order valence-electron chi connectivity index (χ0n) is 19.4. The largest absolute Gasteiger partial charge is 0.335 e. The SMILES string of the molecule is CNS(=O)(=O)c1ccc(-c2cnc3c(c2)C(C2=CCN(C(=O)NC4CCCC4)CC2)=CC3)cc1. The van der Waals surface area contributed by atoms with E-state index in [4.69, 9.17) is 0 Å². The Hall–Kier alpha value is -2.97. The number of carbonyl (C=O) groups excluding carboxylic acids is 1. The standard InChI is InChI=1S/C26H30N4O3S/c1-27-34(32,33)22-8-6-18(7-9-22)20-16-24-23(10-11-25(24)28-17-20)19-12-14-30(15-13-19)26(31)29-21-4-2-3-5-21/h6-10,12,16-17,21,27H,2-5,11,13-15H2,1H3,(H,29,31). The molecular formula is C26H30N4O3S. The molecule has 5 rings (SSSR count). The van der Waals surface area contributed by atoms with E-state index < -0.39 is 10.0 Å². The Kier molecular flexibility index (Phi) is 6.27. The second-order valence-corrected chi connectivity index (χ2v) is 11.0. The number of nitrogens with one attached hydrogen (secondary N) is 2. The minimum Gasteiger partial charge on any atom is -0.335 e. The van der Waals surface area contributed by atoms with Crippen molar-refractivity contribution in [3.05, 3.63) is 65.5 Å². The number of benzene rings is 1. The van der Waals surface area contributed by atoms with Crippen molar-refractivity contribution in [2.45, 2.75) is 49.5 Å². The van der Waals surface area contributed by atoms with Crippen molar-refractivity contribution >= 4 is 21.6 Å². The Morgan fingerprint density at radius 2 is 1.85 bits per heavy atom. The lowest BCUT2D eigenvalue weighted by Gasteiger charge is -2.28. The van der Waals surface area contributed by atoms with Crippen molar-refractivity contribution in [2.75, 3.05) is 20.1 Å². The molecule has 8 heteroatoms. The Bertz CT molecular complexity index is 1260. The number of allylic oxidation sites excluding steroid dienone is 2. The van der Waals surface area contributed by atoms with Gasteiger partial charge in [0.2, 0.25) is 10.0 Å². The first-order valence-electron chi connectivity index (χ1n) is 11.9. The van der Waals surface area contributed by atoms with Crippen molar-refractivity contribution < 1.29 is 13.2 Å². The smallest absolute Gasteiger partial charge is 0.317 e. The number of urea groups is 1. The molecule has 0 saturated heterocycles. The first-order chi connectivity index (χ1) is 16.4. The van der Waals surface area contributed by atoms with E-state index in [0.29, 0.717) is 19.1 Å². The fraction of sp³-hybridized carbons (Fsp3) is 0.385. The fourth-order valence-electron chi connectivity index (χ4n) is 5.04.